The molecule has 0 aliphatic carbocycles. The maximum Gasteiger partial charge on any atom is 0.401 e. The fraction of sp³-hybridized carbons (Fsp3) is 1.00. The van der Waals surface area contributed by atoms with E-state index in [2.05, 4.69) is 0 Å². The fourth-order valence-corrected chi connectivity index (χ4v) is 2.43. The lowest BCUT2D eigenvalue weighted by Crippen LogP contribution is -2.60. The summed E-state index contributed by atoms with van der Waals surface area (Å²) >= 11 is 0. The number of rotatable bonds is 1. The molecule has 2 heterocycles. The first-order valence-electron chi connectivity index (χ1n) is 5.04. The zero-order chi connectivity index (χ0) is 11.1. The molecule has 15 heavy (non-hydrogen) atoms. The molecular weight excluding hydrogens is 211 g/mol. The standard InChI is InChI=1S/C9H14F3NO2/c10-9(11,12)5-13-6-1-8(14)2-7(13)4-15-3-6/h6-8,14H,1-5H2. The monoisotopic (exact) mass is 225 g/mol. The SMILES string of the molecule is OC1CC2COCC(C1)N2CC(F)(F)F. The maximum atomic E-state index is 12.3. The quantitative estimate of drug-likeness (QED) is 0.715. The van der Waals surface area contributed by atoms with Gasteiger partial charge < -0.3 is 9.84 Å². The summed E-state index contributed by atoms with van der Waals surface area (Å²) in [4.78, 5) is 1.43. The van der Waals surface area contributed by atoms with Gasteiger partial charge in [0.25, 0.3) is 0 Å². The minimum atomic E-state index is -4.17. The number of fused-ring (bicyclic) bond motifs is 2. The molecule has 0 radical (unpaired) electrons. The summed E-state index contributed by atoms with van der Waals surface area (Å²) in [6.45, 7) is -0.300. The van der Waals surface area contributed by atoms with Crippen molar-refractivity contribution in [3.63, 3.8) is 0 Å². The second-order valence-electron chi connectivity index (χ2n) is 4.26. The average Bonchev–Trinajstić information content (AvgIpc) is 2.04. The van der Waals surface area contributed by atoms with E-state index in [1.165, 1.54) is 4.90 Å². The van der Waals surface area contributed by atoms with E-state index in [9.17, 15) is 18.3 Å². The Morgan fingerprint density at radius 2 is 1.73 bits per heavy atom. The predicted octanol–water partition coefficient (Wildman–Crippen LogP) is 0.773. The summed E-state index contributed by atoms with van der Waals surface area (Å²) in [5.74, 6) is 0. The minimum absolute atomic E-state index is 0.283. The van der Waals surface area contributed by atoms with Gasteiger partial charge in [-0.1, -0.05) is 0 Å². The van der Waals surface area contributed by atoms with Crippen LogP contribution in [0.15, 0.2) is 0 Å². The number of halogens is 3. The van der Waals surface area contributed by atoms with Crippen molar-refractivity contribution in [3.05, 3.63) is 0 Å². The molecule has 2 aliphatic rings. The van der Waals surface area contributed by atoms with Crippen molar-refractivity contribution in [3.8, 4) is 0 Å². The van der Waals surface area contributed by atoms with Crippen molar-refractivity contribution < 1.29 is 23.0 Å². The molecule has 0 saturated carbocycles. The molecule has 2 atom stereocenters. The summed E-state index contributed by atoms with van der Waals surface area (Å²) in [6.07, 6.45) is -3.89. The van der Waals surface area contributed by atoms with Crippen LogP contribution in [0.4, 0.5) is 13.2 Å². The molecule has 3 nitrogen and oxygen atoms in total. The first-order chi connectivity index (χ1) is 6.96. The molecule has 2 saturated heterocycles. The number of ether oxygens (including phenoxy) is 1. The number of alkyl halides is 3. The lowest BCUT2D eigenvalue weighted by atomic mass is 9.92. The fourth-order valence-electron chi connectivity index (χ4n) is 2.43. The highest BCUT2D eigenvalue weighted by atomic mass is 19.4. The molecule has 1 N–H and O–H groups in total. The van der Waals surface area contributed by atoms with Crippen LogP contribution in [-0.4, -0.2) is 54.1 Å². The highest BCUT2D eigenvalue weighted by Crippen LogP contribution is 2.30. The third kappa shape index (κ3) is 2.62. The summed E-state index contributed by atoms with van der Waals surface area (Å²) in [7, 11) is 0. The van der Waals surface area contributed by atoms with E-state index in [4.69, 9.17) is 4.74 Å². The molecule has 0 amide bonds. The van der Waals surface area contributed by atoms with Gasteiger partial charge >= 0.3 is 6.18 Å². The second-order valence-corrected chi connectivity index (χ2v) is 4.26. The van der Waals surface area contributed by atoms with Gasteiger partial charge in [-0.3, -0.25) is 4.90 Å². The van der Waals surface area contributed by atoms with Crippen LogP contribution in [0.5, 0.6) is 0 Å². The van der Waals surface area contributed by atoms with E-state index in [-0.39, 0.29) is 12.1 Å². The molecule has 88 valence electrons. The van der Waals surface area contributed by atoms with Gasteiger partial charge in [0.1, 0.15) is 0 Å². The van der Waals surface area contributed by atoms with Gasteiger partial charge in [0, 0.05) is 12.1 Å². The van der Waals surface area contributed by atoms with E-state index in [1.54, 1.807) is 0 Å². The number of aliphatic hydroxyl groups excluding tert-OH is 1. The van der Waals surface area contributed by atoms with Crippen molar-refractivity contribution >= 4 is 0 Å². The van der Waals surface area contributed by atoms with E-state index < -0.39 is 18.8 Å². The summed E-state index contributed by atoms with van der Waals surface area (Å²) in [5, 5.41) is 9.47. The van der Waals surface area contributed by atoms with Crippen molar-refractivity contribution in [2.45, 2.75) is 37.2 Å². The summed E-state index contributed by atoms with van der Waals surface area (Å²) < 4.78 is 42.1. The molecule has 0 spiro atoms. The zero-order valence-electron chi connectivity index (χ0n) is 8.20. The van der Waals surface area contributed by atoms with E-state index >= 15 is 0 Å². The van der Waals surface area contributed by atoms with Crippen molar-refractivity contribution in [2.75, 3.05) is 19.8 Å². The van der Waals surface area contributed by atoms with Gasteiger partial charge in [0.15, 0.2) is 0 Å². The normalized spacial score (nSPS) is 38.0. The van der Waals surface area contributed by atoms with Crippen LogP contribution in [0, 0.1) is 0 Å². The first-order valence-corrected chi connectivity index (χ1v) is 5.04. The van der Waals surface area contributed by atoms with Gasteiger partial charge in [0.2, 0.25) is 0 Å². The average molecular weight is 225 g/mol. The highest BCUT2D eigenvalue weighted by molar-refractivity contribution is 4.92. The molecule has 2 bridgehead atoms. The van der Waals surface area contributed by atoms with Crippen LogP contribution in [0.2, 0.25) is 0 Å². The number of nitrogens with zero attached hydrogens (tertiary/aromatic N) is 1. The van der Waals surface area contributed by atoms with Crippen LogP contribution in [-0.2, 0) is 4.74 Å². The predicted molar refractivity (Wildman–Crippen MR) is 46.4 cm³/mol. The number of piperidine rings is 1. The van der Waals surface area contributed by atoms with Crippen molar-refractivity contribution in [1.29, 1.82) is 0 Å². The molecule has 0 aromatic rings. The first kappa shape index (κ1) is 11.2. The van der Waals surface area contributed by atoms with Gasteiger partial charge in [0.05, 0.1) is 25.9 Å². The second kappa shape index (κ2) is 3.92. The molecular formula is C9H14F3NO2. The van der Waals surface area contributed by atoms with E-state index in [0.29, 0.717) is 26.1 Å². The Bertz CT molecular complexity index is 220. The Balaban J connectivity index is 2.04. The number of hydrogen-bond donors (Lipinski definition) is 1. The highest BCUT2D eigenvalue weighted by Gasteiger charge is 2.43. The molecule has 0 aromatic heterocycles. The van der Waals surface area contributed by atoms with Crippen LogP contribution in [0.25, 0.3) is 0 Å². The zero-order valence-corrected chi connectivity index (χ0v) is 8.20. The Labute approximate surface area is 85.8 Å². The third-order valence-electron chi connectivity index (χ3n) is 3.01. The van der Waals surface area contributed by atoms with Crippen LogP contribution in [0.3, 0.4) is 0 Å². The molecule has 2 unspecified atom stereocenters. The topological polar surface area (TPSA) is 32.7 Å². The lowest BCUT2D eigenvalue weighted by molar-refractivity contribution is -0.188. The molecule has 0 aromatic carbocycles. The number of morpholine rings is 1. The van der Waals surface area contributed by atoms with Crippen LogP contribution >= 0.6 is 0 Å². The van der Waals surface area contributed by atoms with Crippen LogP contribution in [0.1, 0.15) is 12.8 Å². The lowest BCUT2D eigenvalue weighted by Gasteiger charge is -2.47. The van der Waals surface area contributed by atoms with Crippen LogP contribution < -0.4 is 0 Å². The van der Waals surface area contributed by atoms with E-state index in [1.807, 2.05) is 0 Å². The van der Waals surface area contributed by atoms with Gasteiger partial charge in [-0.25, -0.2) is 0 Å². The van der Waals surface area contributed by atoms with Crippen molar-refractivity contribution in [2.24, 2.45) is 0 Å². The van der Waals surface area contributed by atoms with Gasteiger partial charge in [-0.05, 0) is 12.8 Å². The Morgan fingerprint density at radius 3 is 2.20 bits per heavy atom. The Morgan fingerprint density at radius 1 is 1.20 bits per heavy atom. The maximum absolute atomic E-state index is 12.3. The molecule has 6 heteroatoms. The smallest absolute Gasteiger partial charge is 0.393 e. The number of aliphatic hydroxyl groups is 1. The summed E-state index contributed by atoms with van der Waals surface area (Å²) in [6, 6.07) is -0.566. The Hall–Kier alpha value is -0.330. The van der Waals surface area contributed by atoms with Gasteiger partial charge in [-0.15, -0.1) is 0 Å². The molecule has 2 aliphatic heterocycles. The molecule has 2 fully saturated rings. The largest absolute Gasteiger partial charge is 0.401 e. The van der Waals surface area contributed by atoms with Crippen molar-refractivity contribution in [1.82, 2.24) is 4.90 Å². The molecule has 2 rings (SSSR count). The van der Waals surface area contributed by atoms with Gasteiger partial charge in [-0.2, -0.15) is 13.2 Å². The van der Waals surface area contributed by atoms with E-state index in [0.717, 1.165) is 0 Å². The Kier molecular flexibility index (Phi) is 2.92. The third-order valence-corrected chi connectivity index (χ3v) is 3.01. The number of hydrogen-bond acceptors (Lipinski definition) is 3. The minimum Gasteiger partial charge on any atom is -0.393 e. The summed E-state index contributed by atoms with van der Waals surface area (Å²) in [5.41, 5.74) is 0.